The van der Waals surface area contributed by atoms with Crippen molar-refractivity contribution in [3.63, 3.8) is 0 Å². The predicted octanol–water partition coefficient (Wildman–Crippen LogP) is 2.27. The Bertz CT molecular complexity index is 1050. The Hall–Kier alpha value is -3.26. The third-order valence-electron chi connectivity index (χ3n) is 3.74. The highest BCUT2D eigenvalue weighted by Crippen LogP contribution is 2.16. The number of nitrogens with zero attached hydrogens (tertiary/aromatic N) is 3. The number of non-ortho nitro benzene ring substituents is 1. The molecule has 0 unspecified atom stereocenters. The molecule has 0 atom stereocenters. The molecule has 0 bridgehead atoms. The Labute approximate surface area is 152 Å². The van der Waals surface area contributed by atoms with Gasteiger partial charge in [0.15, 0.2) is 0 Å². The van der Waals surface area contributed by atoms with Crippen LogP contribution in [0.5, 0.6) is 0 Å². The Balaban J connectivity index is 1.76. The fourth-order valence-corrected chi connectivity index (χ4v) is 2.51. The second-order valence-corrected chi connectivity index (χ2v) is 5.98. The maximum Gasteiger partial charge on any atom is 0.270 e. The number of benzene rings is 2. The molecule has 9 heteroatoms. The number of nitro groups is 1. The first-order chi connectivity index (χ1) is 12.4. The van der Waals surface area contributed by atoms with Crippen LogP contribution >= 0.6 is 11.6 Å². The van der Waals surface area contributed by atoms with Gasteiger partial charge in [-0.3, -0.25) is 24.3 Å². The van der Waals surface area contributed by atoms with Gasteiger partial charge in [-0.15, -0.1) is 0 Å². The average Bonchev–Trinajstić information content (AvgIpc) is 2.63. The standard InChI is InChI=1S/C17H13ClN4O4/c18-12-3-1-11(2-4-12)8-19-16(23)9-21-10-20-15-6-5-13(22(25)26)7-14(15)17(21)24/h1-7,10H,8-9H2,(H,19,23). The number of hydrogen-bond donors (Lipinski definition) is 1. The highest BCUT2D eigenvalue weighted by Gasteiger charge is 2.12. The third kappa shape index (κ3) is 3.86. The van der Waals surface area contributed by atoms with E-state index >= 15 is 0 Å². The molecule has 0 aliphatic heterocycles. The summed E-state index contributed by atoms with van der Waals surface area (Å²) in [5.41, 5.74) is 0.475. The minimum atomic E-state index is -0.588. The third-order valence-corrected chi connectivity index (χ3v) is 3.99. The van der Waals surface area contributed by atoms with Crippen LogP contribution in [0.4, 0.5) is 5.69 Å². The summed E-state index contributed by atoms with van der Waals surface area (Å²) in [6, 6.07) is 10.8. The first kappa shape index (κ1) is 17.6. The van der Waals surface area contributed by atoms with Crippen LogP contribution in [-0.2, 0) is 17.9 Å². The first-order valence-electron chi connectivity index (χ1n) is 7.59. The number of halogens is 1. The van der Waals surface area contributed by atoms with Gasteiger partial charge in [0, 0.05) is 23.7 Å². The van der Waals surface area contributed by atoms with Crippen LogP contribution in [0, 0.1) is 10.1 Å². The molecular weight excluding hydrogens is 360 g/mol. The Morgan fingerprint density at radius 1 is 1.23 bits per heavy atom. The predicted molar refractivity (Wildman–Crippen MR) is 96.0 cm³/mol. The van der Waals surface area contributed by atoms with Crippen molar-refractivity contribution in [2.75, 3.05) is 0 Å². The summed E-state index contributed by atoms with van der Waals surface area (Å²) >= 11 is 5.80. The number of amides is 1. The van der Waals surface area contributed by atoms with Crippen molar-refractivity contribution in [1.29, 1.82) is 0 Å². The summed E-state index contributed by atoms with van der Waals surface area (Å²) in [5.74, 6) is -0.381. The Kier molecular flexibility index (Phi) is 4.94. The lowest BCUT2D eigenvalue weighted by Gasteiger charge is -2.08. The van der Waals surface area contributed by atoms with E-state index in [1.54, 1.807) is 24.3 Å². The van der Waals surface area contributed by atoms with Gasteiger partial charge >= 0.3 is 0 Å². The van der Waals surface area contributed by atoms with Crippen molar-refractivity contribution < 1.29 is 9.72 Å². The van der Waals surface area contributed by atoms with Crippen molar-refractivity contribution in [3.05, 3.63) is 79.8 Å². The van der Waals surface area contributed by atoms with E-state index in [9.17, 15) is 19.7 Å². The zero-order valence-electron chi connectivity index (χ0n) is 13.4. The lowest BCUT2D eigenvalue weighted by Crippen LogP contribution is -2.32. The molecule has 2 aromatic carbocycles. The minimum absolute atomic E-state index is 0.0900. The Morgan fingerprint density at radius 3 is 2.65 bits per heavy atom. The highest BCUT2D eigenvalue weighted by atomic mass is 35.5. The molecule has 3 aromatic rings. The van der Waals surface area contributed by atoms with Gasteiger partial charge in [-0.2, -0.15) is 0 Å². The molecule has 0 aliphatic carbocycles. The van der Waals surface area contributed by atoms with Crippen molar-refractivity contribution >= 4 is 34.1 Å². The van der Waals surface area contributed by atoms with Crippen LogP contribution in [-0.4, -0.2) is 20.4 Å². The lowest BCUT2D eigenvalue weighted by molar-refractivity contribution is -0.384. The molecule has 0 aliphatic rings. The van der Waals surface area contributed by atoms with E-state index in [0.717, 1.165) is 16.2 Å². The first-order valence-corrected chi connectivity index (χ1v) is 7.96. The Morgan fingerprint density at radius 2 is 1.96 bits per heavy atom. The normalized spacial score (nSPS) is 10.7. The number of carbonyl (C=O) groups is 1. The van der Waals surface area contributed by atoms with E-state index in [1.807, 2.05) is 0 Å². The largest absolute Gasteiger partial charge is 0.350 e. The van der Waals surface area contributed by atoms with Crippen LogP contribution < -0.4 is 10.9 Å². The number of nitro benzene ring substituents is 1. The smallest absolute Gasteiger partial charge is 0.270 e. The highest BCUT2D eigenvalue weighted by molar-refractivity contribution is 6.30. The second-order valence-electron chi connectivity index (χ2n) is 5.54. The molecular formula is C17H13ClN4O4. The van der Waals surface area contributed by atoms with E-state index in [0.29, 0.717) is 10.5 Å². The molecule has 1 aromatic heterocycles. The topological polar surface area (TPSA) is 107 Å². The molecule has 132 valence electrons. The van der Waals surface area contributed by atoms with Crippen molar-refractivity contribution in [2.45, 2.75) is 13.1 Å². The number of fused-ring (bicyclic) bond motifs is 1. The van der Waals surface area contributed by atoms with E-state index in [1.165, 1.54) is 18.5 Å². The molecule has 1 N–H and O–H groups in total. The fourth-order valence-electron chi connectivity index (χ4n) is 2.39. The summed E-state index contributed by atoms with van der Waals surface area (Å²) in [7, 11) is 0. The van der Waals surface area contributed by atoms with Gasteiger partial charge in [-0.05, 0) is 23.8 Å². The van der Waals surface area contributed by atoms with Gasteiger partial charge in [0.2, 0.25) is 5.91 Å². The monoisotopic (exact) mass is 372 g/mol. The van der Waals surface area contributed by atoms with Gasteiger partial charge in [-0.25, -0.2) is 4.98 Å². The van der Waals surface area contributed by atoms with Gasteiger partial charge in [-0.1, -0.05) is 23.7 Å². The van der Waals surface area contributed by atoms with Gasteiger partial charge < -0.3 is 5.32 Å². The quantitative estimate of drug-likeness (QED) is 0.546. The zero-order valence-corrected chi connectivity index (χ0v) is 14.1. The van der Waals surface area contributed by atoms with Crippen LogP contribution in [0.2, 0.25) is 5.02 Å². The van der Waals surface area contributed by atoms with E-state index in [-0.39, 0.29) is 30.1 Å². The SMILES string of the molecule is O=C(Cn1cnc2ccc([N+](=O)[O-])cc2c1=O)NCc1ccc(Cl)cc1. The summed E-state index contributed by atoms with van der Waals surface area (Å²) in [6.07, 6.45) is 1.25. The summed E-state index contributed by atoms with van der Waals surface area (Å²) in [4.78, 5) is 38.9. The van der Waals surface area contributed by atoms with E-state index < -0.39 is 10.5 Å². The van der Waals surface area contributed by atoms with Gasteiger partial charge in [0.1, 0.15) is 6.54 Å². The molecule has 3 rings (SSSR count). The van der Waals surface area contributed by atoms with Crippen molar-refractivity contribution in [2.24, 2.45) is 0 Å². The minimum Gasteiger partial charge on any atom is -0.350 e. The molecule has 0 fully saturated rings. The number of aromatic nitrogens is 2. The molecule has 1 heterocycles. The molecule has 0 saturated heterocycles. The second kappa shape index (κ2) is 7.32. The number of nitrogens with one attached hydrogen (secondary N) is 1. The summed E-state index contributed by atoms with van der Waals surface area (Å²) in [6.45, 7) is 0.0509. The number of hydrogen-bond acceptors (Lipinski definition) is 5. The summed E-state index contributed by atoms with van der Waals surface area (Å²) < 4.78 is 1.11. The van der Waals surface area contributed by atoms with E-state index in [4.69, 9.17) is 11.6 Å². The molecule has 0 spiro atoms. The average molecular weight is 373 g/mol. The van der Waals surface area contributed by atoms with Crippen molar-refractivity contribution in [3.8, 4) is 0 Å². The van der Waals surface area contributed by atoms with Crippen LogP contribution in [0.25, 0.3) is 10.9 Å². The van der Waals surface area contributed by atoms with Gasteiger partial charge in [0.25, 0.3) is 11.2 Å². The summed E-state index contributed by atoms with van der Waals surface area (Å²) in [5, 5.41) is 14.2. The maximum atomic E-state index is 12.5. The molecule has 26 heavy (non-hydrogen) atoms. The fraction of sp³-hybridized carbons (Fsp3) is 0.118. The van der Waals surface area contributed by atoms with E-state index in [2.05, 4.69) is 10.3 Å². The number of carbonyl (C=O) groups excluding carboxylic acids is 1. The van der Waals surface area contributed by atoms with Crippen molar-refractivity contribution in [1.82, 2.24) is 14.9 Å². The van der Waals surface area contributed by atoms with Crippen LogP contribution in [0.15, 0.2) is 53.6 Å². The van der Waals surface area contributed by atoms with Crippen LogP contribution in [0.1, 0.15) is 5.56 Å². The lowest BCUT2D eigenvalue weighted by atomic mass is 10.2. The molecule has 0 radical (unpaired) electrons. The molecule has 8 nitrogen and oxygen atoms in total. The zero-order chi connectivity index (χ0) is 18.7. The molecule has 0 saturated carbocycles. The van der Waals surface area contributed by atoms with Crippen LogP contribution in [0.3, 0.4) is 0 Å². The molecule has 1 amide bonds. The van der Waals surface area contributed by atoms with Gasteiger partial charge in [0.05, 0.1) is 22.2 Å². The number of rotatable bonds is 5. The maximum absolute atomic E-state index is 12.5.